The van der Waals surface area contributed by atoms with Crippen molar-refractivity contribution in [1.82, 2.24) is 4.57 Å². The number of aromatic nitrogens is 1. The lowest BCUT2D eigenvalue weighted by molar-refractivity contribution is -0.139. The van der Waals surface area contributed by atoms with Crippen molar-refractivity contribution in [3.63, 3.8) is 0 Å². The minimum Gasteiger partial charge on any atom is -0.488 e. The number of allylic oxidation sites excluding steroid dienone is 1. The Hall–Kier alpha value is -3.46. The highest BCUT2D eigenvalue weighted by Crippen LogP contribution is 2.31. The smallest absolute Gasteiger partial charge is 0.338 e. The molecule has 198 valence electrons. The van der Waals surface area contributed by atoms with Gasteiger partial charge in [0.2, 0.25) is 0 Å². The predicted molar refractivity (Wildman–Crippen MR) is 157 cm³/mol. The van der Waals surface area contributed by atoms with Gasteiger partial charge in [0.15, 0.2) is 4.80 Å². The summed E-state index contributed by atoms with van der Waals surface area (Å²) in [5.74, 6) is 0.206. The fourth-order valence-corrected chi connectivity index (χ4v) is 6.05. The topological polar surface area (TPSA) is 69.9 Å². The van der Waals surface area contributed by atoms with Crippen LogP contribution in [0.4, 0.5) is 0 Å². The van der Waals surface area contributed by atoms with Gasteiger partial charge in [-0.05, 0) is 76.8 Å². The SMILES string of the molecule is CCOC(=O)C1=C(C)N=c2s/c(=C\c3ccc(OCc4ccccc4)c(Br)c3)c(=O)n2[C@H]1c1ccc(Cl)cc1. The lowest BCUT2D eigenvalue weighted by Gasteiger charge is -2.24. The molecule has 3 aromatic carbocycles. The molecule has 0 aliphatic carbocycles. The van der Waals surface area contributed by atoms with Gasteiger partial charge >= 0.3 is 5.97 Å². The van der Waals surface area contributed by atoms with Crippen LogP contribution < -0.4 is 19.6 Å². The summed E-state index contributed by atoms with van der Waals surface area (Å²) >= 11 is 11.0. The molecule has 0 unspecified atom stereocenters. The minimum atomic E-state index is -0.680. The van der Waals surface area contributed by atoms with E-state index in [-0.39, 0.29) is 12.2 Å². The molecule has 0 N–H and O–H groups in total. The molecule has 1 atom stereocenters. The van der Waals surface area contributed by atoms with Gasteiger partial charge in [0.1, 0.15) is 12.4 Å². The van der Waals surface area contributed by atoms with Gasteiger partial charge in [-0.25, -0.2) is 9.79 Å². The van der Waals surface area contributed by atoms with Gasteiger partial charge in [-0.15, -0.1) is 0 Å². The number of halogens is 2. The van der Waals surface area contributed by atoms with Crippen LogP contribution in [0.15, 0.2) is 98.3 Å². The number of hydrogen-bond donors (Lipinski definition) is 0. The van der Waals surface area contributed by atoms with Crippen LogP contribution in [0.3, 0.4) is 0 Å². The van der Waals surface area contributed by atoms with Crippen molar-refractivity contribution < 1.29 is 14.3 Å². The van der Waals surface area contributed by atoms with Crippen molar-refractivity contribution >= 4 is 50.9 Å². The summed E-state index contributed by atoms with van der Waals surface area (Å²) in [5, 5.41) is 0.561. The van der Waals surface area contributed by atoms with Crippen molar-refractivity contribution in [2.45, 2.75) is 26.5 Å². The molecule has 9 heteroatoms. The zero-order valence-corrected chi connectivity index (χ0v) is 24.3. The molecule has 0 saturated heterocycles. The van der Waals surface area contributed by atoms with Crippen LogP contribution in [0, 0.1) is 0 Å². The van der Waals surface area contributed by atoms with E-state index in [4.69, 9.17) is 21.1 Å². The van der Waals surface area contributed by atoms with E-state index in [1.807, 2.05) is 66.7 Å². The van der Waals surface area contributed by atoms with E-state index in [2.05, 4.69) is 20.9 Å². The van der Waals surface area contributed by atoms with E-state index in [1.54, 1.807) is 30.5 Å². The maximum Gasteiger partial charge on any atom is 0.338 e. The molecule has 6 nitrogen and oxygen atoms in total. The molecule has 0 fully saturated rings. The van der Waals surface area contributed by atoms with Gasteiger partial charge in [0.25, 0.3) is 5.56 Å². The lowest BCUT2D eigenvalue weighted by Crippen LogP contribution is -2.39. The number of fused-ring (bicyclic) bond motifs is 1. The Morgan fingerprint density at radius 2 is 1.87 bits per heavy atom. The number of carbonyl (C=O) groups excluding carboxylic acids is 1. The third-order valence-electron chi connectivity index (χ3n) is 6.19. The van der Waals surface area contributed by atoms with Gasteiger partial charge in [-0.2, -0.15) is 0 Å². The maximum absolute atomic E-state index is 13.8. The molecule has 0 amide bonds. The van der Waals surface area contributed by atoms with Crippen molar-refractivity contribution in [2.24, 2.45) is 4.99 Å². The van der Waals surface area contributed by atoms with Gasteiger partial charge in [0.05, 0.1) is 32.9 Å². The average molecular weight is 624 g/mol. The van der Waals surface area contributed by atoms with Crippen LogP contribution in [0.5, 0.6) is 5.75 Å². The number of hydrogen-bond acceptors (Lipinski definition) is 6. The molecule has 39 heavy (non-hydrogen) atoms. The van der Waals surface area contributed by atoms with Crippen LogP contribution in [0.1, 0.15) is 36.6 Å². The molecule has 1 aromatic heterocycles. The summed E-state index contributed by atoms with van der Waals surface area (Å²) in [7, 11) is 0. The Kier molecular flexibility index (Phi) is 8.16. The molecule has 0 radical (unpaired) electrons. The number of ether oxygens (including phenoxy) is 2. The Bertz CT molecular complexity index is 1740. The fraction of sp³-hybridized carbons (Fsp3) is 0.167. The number of esters is 1. The van der Waals surface area contributed by atoms with Crippen LogP contribution in [-0.2, 0) is 16.1 Å². The average Bonchev–Trinajstić information content (AvgIpc) is 3.22. The van der Waals surface area contributed by atoms with Crippen molar-refractivity contribution in [1.29, 1.82) is 0 Å². The Morgan fingerprint density at radius 1 is 1.13 bits per heavy atom. The molecular weight excluding hydrogens is 600 g/mol. The summed E-state index contributed by atoms with van der Waals surface area (Å²) in [6, 6.07) is 22.0. The highest BCUT2D eigenvalue weighted by atomic mass is 79.9. The molecule has 1 aliphatic heterocycles. The summed E-state index contributed by atoms with van der Waals surface area (Å²) in [4.78, 5) is 31.9. The van der Waals surface area contributed by atoms with Crippen LogP contribution in [0.2, 0.25) is 5.02 Å². The first-order chi connectivity index (χ1) is 18.9. The number of carbonyl (C=O) groups is 1. The fourth-order valence-electron chi connectivity index (χ4n) is 4.36. The van der Waals surface area contributed by atoms with Crippen LogP contribution in [0.25, 0.3) is 6.08 Å². The molecule has 4 aromatic rings. The van der Waals surface area contributed by atoms with Gasteiger partial charge in [0, 0.05) is 5.02 Å². The standard InChI is InChI=1S/C30H24BrClN2O4S/c1-3-37-29(36)26-18(2)33-30-34(27(26)21-10-12-22(32)13-11-21)28(35)25(39-30)16-20-9-14-24(23(31)15-20)38-17-19-7-5-4-6-8-19/h4-16,27H,3,17H2,1-2H3/b25-16-/t27-/m0/s1. The highest BCUT2D eigenvalue weighted by Gasteiger charge is 2.33. The molecular formula is C30H24BrClN2O4S. The van der Waals surface area contributed by atoms with Gasteiger partial charge in [-0.3, -0.25) is 9.36 Å². The first-order valence-corrected chi connectivity index (χ1v) is 14.3. The van der Waals surface area contributed by atoms with Crippen LogP contribution >= 0.6 is 38.9 Å². The van der Waals surface area contributed by atoms with E-state index in [0.29, 0.717) is 38.0 Å². The second kappa shape index (κ2) is 11.7. The lowest BCUT2D eigenvalue weighted by atomic mass is 9.96. The third-order valence-corrected chi connectivity index (χ3v) is 8.05. The number of nitrogens with zero attached hydrogens (tertiary/aromatic N) is 2. The zero-order valence-electron chi connectivity index (χ0n) is 21.2. The Labute approximate surface area is 242 Å². The summed E-state index contributed by atoms with van der Waals surface area (Å²) in [5.41, 5.74) is 3.25. The third kappa shape index (κ3) is 5.78. The van der Waals surface area contributed by atoms with E-state index >= 15 is 0 Å². The van der Waals surface area contributed by atoms with E-state index in [9.17, 15) is 9.59 Å². The van der Waals surface area contributed by atoms with E-state index in [1.165, 1.54) is 11.3 Å². The summed E-state index contributed by atoms with van der Waals surface area (Å²) < 4.78 is 14.1. The molecule has 5 rings (SSSR count). The van der Waals surface area contributed by atoms with Gasteiger partial charge < -0.3 is 9.47 Å². The molecule has 0 saturated carbocycles. The largest absolute Gasteiger partial charge is 0.488 e. The van der Waals surface area contributed by atoms with Gasteiger partial charge in [-0.1, -0.05) is 71.5 Å². The second-order valence-corrected chi connectivity index (χ2v) is 11.1. The van der Waals surface area contributed by atoms with Crippen molar-refractivity contribution in [2.75, 3.05) is 6.61 Å². The number of benzene rings is 3. The van der Waals surface area contributed by atoms with E-state index in [0.717, 1.165) is 21.2 Å². The molecule has 1 aliphatic rings. The molecule has 0 spiro atoms. The molecule has 2 heterocycles. The first kappa shape index (κ1) is 27.1. The quantitative estimate of drug-likeness (QED) is 0.244. The molecule has 0 bridgehead atoms. The normalized spacial score (nSPS) is 15.1. The second-order valence-electron chi connectivity index (χ2n) is 8.82. The predicted octanol–water partition coefficient (Wildman–Crippen LogP) is 5.79. The first-order valence-electron chi connectivity index (χ1n) is 12.3. The number of rotatable bonds is 7. The summed E-state index contributed by atoms with van der Waals surface area (Å²) in [6.45, 7) is 4.17. The van der Waals surface area contributed by atoms with Crippen molar-refractivity contribution in [3.05, 3.63) is 130 Å². The monoisotopic (exact) mass is 622 g/mol. The highest BCUT2D eigenvalue weighted by molar-refractivity contribution is 9.10. The maximum atomic E-state index is 13.8. The van der Waals surface area contributed by atoms with E-state index < -0.39 is 12.0 Å². The zero-order chi connectivity index (χ0) is 27.5. The number of thiazole rings is 1. The van der Waals surface area contributed by atoms with Crippen LogP contribution in [-0.4, -0.2) is 17.1 Å². The summed E-state index contributed by atoms with van der Waals surface area (Å²) in [6.07, 6.45) is 1.82. The minimum absolute atomic E-state index is 0.216. The van der Waals surface area contributed by atoms with Crippen molar-refractivity contribution in [3.8, 4) is 5.75 Å². The Balaban J connectivity index is 1.53. The Morgan fingerprint density at radius 3 is 2.56 bits per heavy atom.